The molecule has 0 saturated heterocycles. The maximum atomic E-state index is 12.6. The van der Waals surface area contributed by atoms with Crippen molar-refractivity contribution in [1.82, 2.24) is 0 Å². The number of phosphoric acid groups is 1. The van der Waals surface area contributed by atoms with Crippen LogP contribution in [0.2, 0.25) is 0 Å². The number of nitrogens with two attached hydrogens (primary N) is 1. The number of ether oxygens (including phenoxy) is 2. The van der Waals surface area contributed by atoms with E-state index < -0.39 is 51.1 Å². The number of carboxylic acids is 1. The number of hydrogen-bond donors (Lipinski definition) is 3. The van der Waals surface area contributed by atoms with Gasteiger partial charge in [0, 0.05) is 12.8 Å². The molecule has 0 heterocycles. The summed E-state index contributed by atoms with van der Waals surface area (Å²) in [5.74, 6) is -2.42. The number of rotatable bonds is 44. The maximum Gasteiger partial charge on any atom is 0.472 e. The van der Waals surface area contributed by atoms with E-state index >= 15 is 0 Å². The zero-order valence-electron chi connectivity index (χ0n) is 36.9. The molecule has 340 valence electrons. The summed E-state index contributed by atoms with van der Waals surface area (Å²) in [6, 6.07) is -1.52. The van der Waals surface area contributed by atoms with Crippen LogP contribution < -0.4 is 5.73 Å². The normalized spacial score (nSPS) is 13.9. The molecular formula is C46H86NO10P. The van der Waals surface area contributed by atoms with Crippen LogP contribution in [0.15, 0.2) is 24.3 Å². The van der Waals surface area contributed by atoms with E-state index in [1.54, 1.807) is 0 Å². The molecule has 0 aromatic carbocycles. The van der Waals surface area contributed by atoms with Crippen molar-refractivity contribution in [2.24, 2.45) is 5.73 Å². The predicted molar refractivity (Wildman–Crippen MR) is 236 cm³/mol. The van der Waals surface area contributed by atoms with Crippen LogP contribution in [-0.2, 0) is 37.5 Å². The summed E-state index contributed by atoms with van der Waals surface area (Å²) in [6.45, 7) is 2.75. The van der Waals surface area contributed by atoms with Crippen LogP contribution in [0.25, 0.3) is 0 Å². The number of hydrogen-bond acceptors (Lipinski definition) is 9. The van der Waals surface area contributed by atoms with Crippen molar-refractivity contribution in [2.75, 3.05) is 19.8 Å². The molecule has 3 atom stereocenters. The van der Waals surface area contributed by atoms with E-state index in [1.165, 1.54) is 122 Å². The van der Waals surface area contributed by atoms with Gasteiger partial charge in [-0.3, -0.25) is 23.4 Å². The third-order valence-corrected chi connectivity index (χ3v) is 11.1. The number of allylic oxidation sites excluding steroid dienone is 4. The smallest absolute Gasteiger partial charge is 0.472 e. The van der Waals surface area contributed by atoms with E-state index in [1.807, 2.05) is 0 Å². The largest absolute Gasteiger partial charge is 0.480 e. The topological polar surface area (TPSA) is 172 Å². The van der Waals surface area contributed by atoms with Gasteiger partial charge in [0.05, 0.1) is 13.2 Å². The fraction of sp³-hybridized carbons (Fsp3) is 0.848. The molecule has 0 aliphatic heterocycles. The molecule has 0 fully saturated rings. The van der Waals surface area contributed by atoms with E-state index in [9.17, 15) is 23.8 Å². The van der Waals surface area contributed by atoms with Crippen LogP contribution in [0.4, 0.5) is 0 Å². The Labute approximate surface area is 353 Å². The first-order valence-electron chi connectivity index (χ1n) is 23.4. The molecule has 0 aromatic rings. The highest BCUT2D eigenvalue weighted by atomic mass is 31.2. The Morgan fingerprint density at radius 1 is 0.517 bits per heavy atom. The Morgan fingerprint density at radius 3 is 1.36 bits per heavy atom. The van der Waals surface area contributed by atoms with E-state index in [4.69, 9.17) is 24.8 Å². The van der Waals surface area contributed by atoms with Gasteiger partial charge in [0.15, 0.2) is 6.10 Å². The average Bonchev–Trinajstić information content (AvgIpc) is 3.20. The van der Waals surface area contributed by atoms with E-state index in [0.717, 1.165) is 51.4 Å². The van der Waals surface area contributed by atoms with Crippen molar-refractivity contribution in [2.45, 2.75) is 231 Å². The molecule has 0 aromatic heterocycles. The van der Waals surface area contributed by atoms with Crippen molar-refractivity contribution in [3.05, 3.63) is 24.3 Å². The zero-order valence-corrected chi connectivity index (χ0v) is 37.8. The highest BCUT2D eigenvalue weighted by molar-refractivity contribution is 7.47. The minimum Gasteiger partial charge on any atom is -0.480 e. The summed E-state index contributed by atoms with van der Waals surface area (Å²) in [6.07, 6.45) is 44.1. The van der Waals surface area contributed by atoms with Crippen molar-refractivity contribution in [1.29, 1.82) is 0 Å². The van der Waals surface area contributed by atoms with Crippen LogP contribution >= 0.6 is 7.82 Å². The molecule has 0 aliphatic rings. The van der Waals surface area contributed by atoms with Crippen LogP contribution in [0, 0.1) is 0 Å². The SMILES string of the molecule is CCCC/C=C/CCCCCCCC(=O)OC[C@@H](COP(=O)(O)OC[C@H](N)C(=O)O)OC(=O)CCC/C=C/CCCCCCCCCCCCCCCCCCCC. The molecule has 0 spiro atoms. The first kappa shape index (κ1) is 56.0. The summed E-state index contributed by atoms with van der Waals surface area (Å²) in [7, 11) is -4.72. The Balaban J connectivity index is 4.24. The quantitative estimate of drug-likeness (QED) is 0.0231. The standard InChI is InChI=1S/C46H86NO10P/c1-3-5-7-9-11-13-15-16-17-18-19-20-21-22-23-24-25-26-28-30-32-34-36-38-45(49)57-42(40-55-58(52,53)56-41-43(47)46(50)51)39-54-44(48)37-35-33-31-29-27-14-12-10-8-6-4-2/h10,12,30,32,42-43H,3-9,11,13-29,31,33-41,47H2,1-2H3,(H,50,51)(H,52,53)/b12-10+,32-30+/t42-,43-/m0/s1. The first-order valence-corrected chi connectivity index (χ1v) is 24.9. The van der Waals surface area contributed by atoms with Crippen LogP contribution in [0.3, 0.4) is 0 Å². The predicted octanol–water partition coefficient (Wildman–Crippen LogP) is 12.6. The van der Waals surface area contributed by atoms with Crippen LogP contribution in [-0.4, -0.2) is 59.9 Å². The molecule has 0 radical (unpaired) electrons. The second-order valence-electron chi connectivity index (χ2n) is 15.9. The summed E-state index contributed by atoms with van der Waals surface area (Å²) >= 11 is 0. The molecule has 0 amide bonds. The molecule has 0 aliphatic carbocycles. The molecule has 0 rings (SSSR count). The molecular weight excluding hydrogens is 757 g/mol. The first-order chi connectivity index (χ1) is 28.1. The number of unbranched alkanes of at least 4 members (excludes halogenated alkanes) is 26. The molecule has 12 heteroatoms. The van der Waals surface area contributed by atoms with Gasteiger partial charge in [-0.25, -0.2) is 4.57 Å². The molecule has 0 bridgehead atoms. The summed E-state index contributed by atoms with van der Waals surface area (Å²) in [5.41, 5.74) is 5.33. The molecule has 4 N–H and O–H groups in total. The van der Waals surface area contributed by atoms with Gasteiger partial charge < -0.3 is 25.2 Å². The van der Waals surface area contributed by atoms with Gasteiger partial charge in [0.25, 0.3) is 0 Å². The van der Waals surface area contributed by atoms with E-state index in [0.29, 0.717) is 19.3 Å². The van der Waals surface area contributed by atoms with Gasteiger partial charge in [0.2, 0.25) is 0 Å². The third kappa shape index (κ3) is 40.7. The van der Waals surface area contributed by atoms with Gasteiger partial charge in [-0.15, -0.1) is 0 Å². The lowest BCUT2D eigenvalue weighted by Crippen LogP contribution is -2.34. The highest BCUT2D eigenvalue weighted by Gasteiger charge is 2.28. The van der Waals surface area contributed by atoms with Crippen molar-refractivity contribution < 1.29 is 47.5 Å². The van der Waals surface area contributed by atoms with Crippen molar-refractivity contribution in [3.8, 4) is 0 Å². The van der Waals surface area contributed by atoms with Gasteiger partial charge in [-0.1, -0.05) is 179 Å². The lowest BCUT2D eigenvalue weighted by Gasteiger charge is -2.20. The van der Waals surface area contributed by atoms with Gasteiger partial charge in [0.1, 0.15) is 12.6 Å². The van der Waals surface area contributed by atoms with E-state index in [2.05, 4.69) is 42.7 Å². The molecule has 58 heavy (non-hydrogen) atoms. The lowest BCUT2D eigenvalue weighted by atomic mass is 10.0. The number of carboxylic acid groups (broad SMARTS) is 1. The Morgan fingerprint density at radius 2 is 0.897 bits per heavy atom. The van der Waals surface area contributed by atoms with Crippen molar-refractivity contribution >= 4 is 25.7 Å². The lowest BCUT2D eigenvalue weighted by molar-refractivity contribution is -0.161. The number of aliphatic carboxylic acids is 1. The van der Waals surface area contributed by atoms with Crippen LogP contribution in [0.1, 0.15) is 219 Å². The van der Waals surface area contributed by atoms with Crippen LogP contribution in [0.5, 0.6) is 0 Å². The number of phosphoric ester groups is 1. The summed E-state index contributed by atoms with van der Waals surface area (Å²) in [4.78, 5) is 45.9. The Hall–Kier alpha value is -2.04. The average molecular weight is 844 g/mol. The van der Waals surface area contributed by atoms with Gasteiger partial charge in [-0.2, -0.15) is 0 Å². The Bertz CT molecular complexity index is 1080. The maximum absolute atomic E-state index is 12.6. The fourth-order valence-electron chi connectivity index (χ4n) is 6.46. The number of carbonyl (C=O) groups is 3. The fourth-order valence-corrected chi connectivity index (χ4v) is 7.24. The molecule has 1 unspecified atom stereocenters. The Kier molecular flexibility index (Phi) is 40.2. The molecule has 11 nitrogen and oxygen atoms in total. The van der Waals surface area contributed by atoms with Gasteiger partial charge >= 0.3 is 25.7 Å². The number of carbonyl (C=O) groups excluding carboxylic acids is 2. The number of esters is 2. The summed E-state index contributed by atoms with van der Waals surface area (Å²) < 4.78 is 32.6. The zero-order chi connectivity index (χ0) is 42.8. The second-order valence-corrected chi connectivity index (χ2v) is 17.3. The monoisotopic (exact) mass is 844 g/mol. The molecule has 0 saturated carbocycles. The highest BCUT2D eigenvalue weighted by Crippen LogP contribution is 2.43. The second kappa shape index (κ2) is 41.7. The van der Waals surface area contributed by atoms with Gasteiger partial charge in [-0.05, 0) is 51.4 Å². The minimum atomic E-state index is -4.72. The van der Waals surface area contributed by atoms with Crippen molar-refractivity contribution in [3.63, 3.8) is 0 Å². The third-order valence-electron chi connectivity index (χ3n) is 10.2. The minimum absolute atomic E-state index is 0.114. The summed E-state index contributed by atoms with van der Waals surface area (Å²) in [5, 5.41) is 8.89. The van der Waals surface area contributed by atoms with E-state index in [-0.39, 0.29) is 19.4 Å².